The van der Waals surface area contributed by atoms with Crippen LogP contribution >= 0.6 is 0 Å². The molecule has 0 saturated carbocycles. The van der Waals surface area contributed by atoms with Crippen LogP contribution in [0.4, 0.5) is 0 Å². The molecule has 7 heteroatoms. The molecule has 134 valence electrons. The van der Waals surface area contributed by atoms with Crippen molar-refractivity contribution in [2.75, 3.05) is 40.4 Å². The lowest BCUT2D eigenvalue weighted by molar-refractivity contribution is -0.0977. The van der Waals surface area contributed by atoms with Crippen LogP contribution < -0.4 is 0 Å². The number of sulfonamides is 1. The predicted octanol–water partition coefficient (Wildman–Crippen LogP) is 1.52. The molecule has 2 saturated heterocycles. The van der Waals surface area contributed by atoms with Crippen LogP contribution in [-0.4, -0.2) is 64.3 Å². The van der Waals surface area contributed by atoms with E-state index in [0.29, 0.717) is 24.0 Å². The van der Waals surface area contributed by atoms with Crippen molar-refractivity contribution in [1.82, 2.24) is 9.21 Å². The molecule has 1 aromatic rings. The molecule has 1 aromatic carbocycles. The van der Waals surface area contributed by atoms with Crippen molar-refractivity contribution >= 4 is 10.0 Å². The summed E-state index contributed by atoms with van der Waals surface area (Å²) in [6.07, 6.45) is 2.08. The van der Waals surface area contributed by atoms with Gasteiger partial charge in [-0.25, -0.2) is 12.7 Å². The standard InChI is InChI=1S/C17H26N2O4S/c1-18(2)24(20,21)16-5-3-4-14(12-16)13-19-8-6-15(7-9-19)17-22-10-11-23-17/h3-5,12,15,17H,6-11,13H2,1-2H3. The molecule has 6 nitrogen and oxygen atoms in total. The molecule has 24 heavy (non-hydrogen) atoms. The van der Waals surface area contributed by atoms with Gasteiger partial charge in [-0.15, -0.1) is 0 Å². The first kappa shape index (κ1) is 17.8. The smallest absolute Gasteiger partial charge is 0.242 e. The minimum Gasteiger partial charge on any atom is -0.350 e. The summed E-state index contributed by atoms with van der Waals surface area (Å²) >= 11 is 0. The number of nitrogens with zero attached hydrogens (tertiary/aromatic N) is 2. The van der Waals surface area contributed by atoms with E-state index in [1.807, 2.05) is 12.1 Å². The first-order valence-electron chi connectivity index (χ1n) is 8.44. The highest BCUT2D eigenvalue weighted by atomic mass is 32.2. The van der Waals surface area contributed by atoms with E-state index >= 15 is 0 Å². The Morgan fingerprint density at radius 2 is 1.83 bits per heavy atom. The summed E-state index contributed by atoms with van der Waals surface area (Å²) in [4.78, 5) is 2.72. The fraction of sp³-hybridized carbons (Fsp3) is 0.647. The Kier molecular flexibility index (Phi) is 5.56. The third-order valence-electron chi connectivity index (χ3n) is 4.75. The van der Waals surface area contributed by atoms with E-state index in [1.54, 1.807) is 26.2 Å². The second-order valence-electron chi connectivity index (χ2n) is 6.66. The lowest BCUT2D eigenvalue weighted by Crippen LogP contribution is -2.37. The molecule has 0 bridgehead atoms. The Morgan fingerprint density at radius 1 is 1.17 bits per heavy atom. The zero-order valence-electron chi connectivity index (χ0n) is 14.3. The maximum absolute atomic E-state index is 12.3. The van der Waals surface area contributed by atoms with Gasteiger partial charge in [-0.05, 0) is 43.6 Å². The number of likely N-dealkylation sites (tertiary alicyclic amines) is 1. The normalized spacial score (nSPS) is 21.6. The van der Waals surface area contributed by atoms with Crippen molar-refractivity contribution in [3.8, 4) is 0 Å². The zero-order chi connectivity index (χ0) is 17.2. The average Bonchev–Trinajstić information content (AvgIpc) is 3.10. The summed E-state index contributed by atoms with van der Waals surface area (Å²) in [6, 6.07) is 7.24. The maximum atomic E-state index is 12.3. The van der Waals surface area contributed by atoms with Crippen LogP contribution in [0.25, 0.3) is 0 Å². The summed E-state index contributed by atoms with van der Waals surface area (Å²) in [5, 5.41) is 0. The van der Waals surface area contributed by atoms with Crippen molar-refractivity contribution in [2.24, 2.45) is 5.92 Å². The fourth-order valence-corrected chi connectivity index (χ4v) is 4.28. The van der Waals surface area contributed by atoms with Gasteiger partial charge in [-0.2, -0.15) is 0 Å². The minimum absolute atomic E-state index is 0.0271. The Morgan fingerprint density at radius 3 is 2.46 bits per heavy atom. The molecule has 0 amide bonds. The van der Waals surface area contributed by atoms with Gasteiger partial charge in [0.1, 0.15) is 0 Å². The van der Waals surface area contributed by atoms with Gasteiger partial charge >= 0.3 is 0 Å². The van der Waals surface area contributed by atoms with Crippen molar-refractivity contribution in [1.29, 1.82) is 0 Å². The van der Waals surface area contributed by atoms with Crippen LogP contribution in [-0.2, 0) is 26.0 Å². The van der Waals surface area contributed by atoms with Crippen molar-refractivity contribution in [3.05, 3.63) is 29.8 Å². The number of ether oxygens (including phenoxy) is 2. The lowest BCUT2D eigenvalue weighted by Gasteiger charge is -2.33. The maximum Gasteiger partial charge on any atom is 0.242 e. The van der Waals surface area contributed by atoms with Crippen molar-refractivity contribution in [3.63, 3.8) is 0 Å². The number of benzene rings is 1. The largest absolute Gasteiger partial charge is 0.350 e. The van der Waals surface area contributed by atoms with Gasteiger partial charge in [0.15, 0.2) is 6.29 Å². The predicted molar refractivity (Wildman–Crippen MR) is 91.0 cm³/mol. The van der Waals surface area contributed by atoms with E-state index in [-0.39, 0.29) is 6.29 Å². The van der Waals surface area contributed by atoms with Gasteiger partial charge in [-0.1, -0.05) is 12.1 Å². The third-order valence-corrected chi connectivity index (χ3v) is 6.56. The molecular weight excluding hydrogens is 328 g/mol. The SMILES string of the molecule is CN(C)S(=O)(=O)c1cccc(CN2CCC(C3OCCO3)CC2)c1. The van der Waals surface area contributed by atoms with Crippen LogP contribution in [0.5, 0.6) is 0 Å². The van der Waals surface area contributed by atoms with E-state index in [2.05, 4.69) is 4.90 Å². The minimum atomic E-state index is -3.38. The van der Waals surface area contributed by atoms with Crippen LogP contribution in [0.3, 0.4) is 0 Å². The van der Waals surface area contributed by atoms with Gasteiger partial charge < -0.3 is 9.47 Å². The van der Waals surface area contributed by atoms with Gasteiger partial charge in [0.2, 0.25) is 10.0 Å². The summed E-state index contributed by atoms with van der Waals surface area (Å²) < 4.78 is 37.0. The van der Waals surface area contributed by atoms with Gasteiger partial charge in [0, 0.05) is 26.6 Å². The number of hydrogen-bond acceptors (Lipinski definition) is 5. The summed E-state index contributed by atoms with van der Waals surface area (Å²) in [7, 11) is -0.267. The van der Waals surface area contributed by atoms with Crippen LogP contribution in [0.1, 0.15) is 18.4 Å². The number of piperidine rings is 1. The first-order chi connectivity index (χ1) is 11.5. The van der Waals surface area contributed by atoms with Gasteiger partial charge in [0.05, 0.1) is 18.1 Å². The van der Waals surface area contributed by atoms with Crippen LogP contribution in [0.2, 0.25) is 0 Å². The highest BCUT2D eigenvalue weighted by molar-refractivity contribution is 7.89. The molecule has 0 N–H and O–H groups in total. The molecule has 0 spiro atoms. The Hall–Kier alpha value is -0.990. The molecule has 2 heterocycles. The average molecular weight is 354 g/mol. The highest BCUT2D eigenvalue weighted by Crippen LogP contribution is 2.26. The highest BCUT2D eigenvalue weighted by Gasteiger charge is 2.30. The molecule has 2 aliphatic heterocycles. The van der Waals surface area contributed by atoms with E-state index in [4.69, 9.17) is 9.47 Å². The molecule has 2 fully saturated rings. The zero-order valence-corrected chi connectivity index (χ0v) is 15.2. The summed E-state index contributed by atoms with van der Waals surface area (Å²) in [5.41, 5.74) is 1.03. The number of hydrogen-bond donors (Lipinski definition) is 0. The van der Waals surface area contributed by atoms with E-state index in [0.717, 1.165) is 38.0 Å². The van der Waals surface area contributed by atoms with Gasteiger partial charge in [0.25, 0.3) is 0 Å². The first-order valence-corrected chi connectivity index (χ1v) is 9.88. The van der Waals surface area contributed by atoms with Crippen LogP contribution in [0.15, 0.2) is 29.2 Å². The topological polar surface area (TPSA) is 59.1 Å². The van der Waals surface area contributed by atoms with E-state index < -0.39 is 10.0 Å². The van der Waals surface area contributed by atoms with Crippen LogP contribution in [0, 0.1) is 5.92 Å². The van der Waals surface area contributed by atoms with E-state index in [1.165, 1.54) is 4.31 Å². The molecule has 0 aromatic heterocycles. The summed E-state index contributed by atoms with van der Waals surface area (Å²) in [5.74, 6) is 0.476. The lowest BCUT2D eigenvalue weighted by atomic mass is 9.96. The third kappa shape index (κ3) is 3.97. The fourth-order valence-electron chi connectivity index (χ4n) is 3.31. The molecule has 3 rings (SSSR count). The van der Waals surface area contributed by atoms with Crippen molar-refractivity contribution in [2.45, 2.75) is 30.6 Å². The van der Waals surface area contributed by atoms with E-state index in [9.17, 15) is 8.42 Å². The Balaban J connectivity index is 1.59. The second kappa shape index (κ2) is 7.49. The van der Waals surface area contributed by atoms with Crippen molar-refractivity contribution < 1.29 is 17.9 Å². The molecule has 2 aliphatic rings. The molecule has 0 unspecified atom stereocenters. The quantitative estimate of drug-likeness (QED) is 0.802. The second-order valence-corrected chi connectivity index (χ2v) is 8.81. The number of rotatable bonds is 5. The summed E-state index contributed by atoms with van der Waals surface area (Å²) in [6.45, 7) is 4.16. The molecule has 0 aliphatic carbocycles. The Bertz CT molecular complexity index is 648. The molecule has 0 radical (unpaired) electrons. The molecule has 0 atom stereocenters. The Labute approximate surface area is 144 Å². The monoisotopic (exact) mass is 354 g/mol. The molecular formula is C17H26N2O4S. The van der Waals surface area contributed by atoms with Gasteiger partial charge in [-0.3, -0.25) is 4.90 Å².